The molecule has 1 rings (SSSR count). The average Bonchev–Trinajstić information content (AvgIpc) is 2.01. The second-order valence-corrected chi connectivity index (χ2v) is 4.34. The Kier molecular flexibility index (Phi) is 6.18. The Balaban J connectivity index is 0.00000196. The molecule has 0 heterocycles. The van der Waals surface area contributed by atoms with Gasteiger partial charge in [-0.15, -0.1) is 12.4 Å². The minimum absolute atomic E-state index is 0. The highest BCUT2D eigenvalue weighted by atomic mass is 35.5. The Morgan fingerprint density at radius 3 is 2.47 bits per heavy atom. The molecule has 0 amide bonds. The first-order valence-electron chi connectivity index (χ1n) is 4.71. The summed E-state index contributed by atoms with van der Waals surface area (Å²) in [7, 11) is 0. The molecule has 0 aliphatic carbocycles. The minimum atomic E-state index is -0.314. The lowest BCUT2D eigenvalue weighted by Gasteiger charge is -2.15. The van der Waals surface area contributed by atoms with E-state index >= 15 is 0 Å². The summed E-state index contributed by atoms with van der Waals surface area (Å²) in [5, 5.41) is 0.406. The van der Waals surface area contributed by atoms with E-state index in [-0.39, 0.29) is 24.3 Å². The molecule has 4 heteroatoms. The largest absolute Gasteiger partial charge is 0.324 e. The van der Waals surface area contributed by atoms with E-state index in [0.717, 1.165) is 6.42 Å². The summed E-state index contributed by atoms with van der Waals surface area (Å²) in [6.07, 6.45) is 0.776. The van der Waals surface area contributed by atoms with Crippen LogP contribution in [0, 0.1) is 11.7 Å². The van der Waals surface area contributed by atoms with Crippen LogP contribution in [0.15, 0.2) is 18.2 Å². The Hall–Kier alpha value is -0.310. The van der Waals surface area contributed by atoms with Crippen LogP contribution in [0.3, 0.4) is 0 Å². The number of nitrogens with two attached hydrogens (primary N) is 1. The molecule has 1 nitrogen and oxygen atoms in total. The molecule has 0 aromatic heterocycles. The van der Waals surface area contributed by atoms with Gasteiger partial charge in [0.2, 0.25) is 0 Å². The van der Waals surface area contributed by atoms with Crippen molar-refractivity contribution in [1.82, 2.24) is 0 Å². The smallest absolute Gasteiger partial charge is 0.129 e. The van der Waals surface area contributed by atoms with Gasteiger partial charge in [-0.2, -0.15) is 0 Å². The Labute approximate surface area is 101 Å². The molecule has 2 N–H and O–H groups in total. The summed E-state index contributed by atoms with van der Waals surface area (Å²) >= 11 is 5.65. The molecule has 1 atom stereocenters. The van der Waals surface area contributed by atoms with E-state index in [4.69, 9.17) is 17.3 Å². The molecule has 0 aliphatic heterocycles. The van der Waals surface area contributed by atoms with Gasteiger partial charge in [0.15, 0.2) is 0 Å². The fourth-order valence-corrected chi connectivity index (χ4v) is 1.60. The van der Waals surface area contributed by atoms with Gasteiger partial charge in [0.25, 0.3) is 0 Å². The van der Waals surface area contributed by atoms with E-state index in [0.29, 0.717) is 16.5 Å². The van der Waals surface area contributed by atoms with Crippen molar-refractivity contribution < 1.29 is 4.39 Å². The maximum Gasteiger partial charge on any atom is 0.129 e. The highest BCUT2D eigenvalue weighted by Crippen LogP contribution is 2.23. The lowest BCUT2D eigenvalue weighted by atomic mass is 9.97. The zero-order chi connectivity index (χ0) is 10.7. The standard InChI is InChI=1S/C11H15ClFN.ClH/c1-7(2)5-11(14)9-4-3-8(12)6-10(9)13;/h3-4,6-7,11H,5,14H2,1-2H3;1H/t11-;/m0./s1. The van der Waals surface area contributed by atoms with E-state index in [1.165, 1.54) is 6.07 Å². The van der Waals surface area contributed by atoms with Crippen LogP contribution >= 0.6 is 24.0 Å². The van der Waals surface area contributed by atoms with Crippen molar-refractivity contribution in [2.24, 2.45) is 11.7 Å². The van der Waals surface area contributed by atoms with Crippen LogP contribution in [-0.2, 0) is 0 Å². The predicted octanol–water partition coefficient (Wildman–Crippen LogP) is 3.95. The molecule has 0 fully saturated rings. The highest BCUT2D eigenvalue weighted by molar-refractivity contribution is 6.30. The number of benzene rings is 1. The van der Waals surface area contributed by atoms with Gasteiger partial charge in [-0.3, -0.25) is 0 Å². The van der Waals surface area contributed by atoms with Crippen molar-refractivity contribution >= 4 is 24.0 Å². The van der Waals surface area contributed by atoms with Crippen LogP contribution in [0.4, 0.5) is 4.39 Å². The number of halogens is 3. The van der Waals surface area contributed by atoms with Gasteiger partial charge in [-0.05, 0) is 24.5 Å². The molecule has 15 heavy (non-hydrogen) atoms. The highest BCUT2D eigenvalue weighted by Gasteiger charge is 2.12. The third-order valence-electron chi connectivity index (χ3n) is 2.09. The van der Waals surface area contributed by atoms with E-state index < -0.39 is 0 Å². The van der Waals surface area contributed by atoms with Gasteiger partial charge in [0.05, 0.1) is 0 Å². The van der Waals surface area contributed by atoms with Crippen molar-refractivity contribution in [2.45, 2.75) is 26.3 Å². The van der Waals surface area contributed by atoms with Crippen molar-refractivity contribution in [3.05, 3.63) is 34.6 Å². The van der Waals surface area contributed by atoms with Crippen molar-refractivity contribution in [2.75, 3.05) is 0 Å². The quantitative estimate of drug-likeness (QED) is 0.866. The first-order valence-corrected chi connectivity index (χ1v) is 5.09. The fraction of sp³-hybridized carbons (Fsp3) is 0.455. The SMILES string of the molecule is CC(C)C[C@H](N)c1ccc(Cl)cc1F.Cl. The first-order chi connectivity index (χ1) is 6.50. The van der Waals surface area contributed by atoms with Crippen LogP contribution in [-0.4, -0.2) is 0 Å². The summed E-state index contributed by atoms with van der Waals surface area (Å²) in [5.41, 5.74) is 6.41. The van der Waals surface area contributed by atoms with Crippen LogP contribution in [0.5, 0.6) is 0 Å². The summed E-state index contributed by atoms with van der Waals surface area (Å²) in [4.78, 5) is 0. The Bertz CT molecular complexity index is 315. The van der Waals surface area contributed by atoms with Gasteiger partial charge >= 0.3 is 0 Å². The first kappa shape index (κ1) is 14.7. The molecular weight excluding hydrogens is 236 g/mol. The van der Waals surface area contributed by atoms with Gasteiger partial charge < -0.3 is 5.73 Å². The second kappa shape index (κ2) is 6.31. The summed E-state index contributed by atoms with van der Waals surface area (Å²) in [5.74, 6) is 0.144. The molecule has 0 saturated carbocycles. The van der Waals surface area contributed by atoms with Crippen molar-refractivity contribution in [3.63, 3.8) is 0 Å². The Morgan fingerprint density at radius 1 is 1.40 bits per heavy atom. The van der Waals surface area contributed by atoms with E-state index in [1.54, 1.807) is 12.1 Å². The van der Waals surface area contributed by atoms with E-state index in [9.17, 15) is 4.39 Å². The third kappa shape index (κ3) is 4.37. The van der Waals surface area contributed by atoms with Gasteiger partial charge in [0, 0.05) is 16.6 Å². The monoisotopic (exact) mass is 251 g/mol. The lowest BCUT2D eigenvalue weighted by Crippen LogP contribution is -2.14. The number of hydrogen-bond acceptors (Lipinski definition) is 1. The van der Waals surface area contributed by atoms with Gasteiger partial charge in [0.1, 0.15) is 5.82 Å². The van der Waals surface area contributed by atoms with Crippen LogP contribution in [0.2, 0.25) is 5.02 Å². The minimum Gasteiger partial charge on any atom is -0.324 e. The fourth-order valence-electron chi connectivity index (χ4n) is 1.44. The van der Waals surface area contributed by atoms with E-state index in [1.807, 2.05) is 0 Å². The van der Waals surface area contributed by atoms with Crippen LogP contribution < -0.4 is 5.73 Å². The molecular formula is C11H16Cl2FN. The van der Waals surface area contributed by atoms with Gasteiger partial charge in [-0.1, -0.05) is 31.5 Å². The normalized spacial score (nSPS) is 12.4. The Morgan fingerprint density at radius 2 is 2.00 bits per heavy atom. The molecule has 1 aromatic rings. The maximum absolute atomic E-state index is 13.4. The summed E-state index contributed by atoms with van der Waals surface area (Å²) in [6, 6.07) is 4.38. The number of rotatable bonds is 3. The third-order valence-corrected chi connectivity index (χ3v) is 2.32. The molecule has 86 valence electrons. The molecule has 1 aromatic carbocycles. The maximum atomic E-state index is 13.4. The molecule has 0 radical (unpaired) electrons. The van der Waals surface area contributed by atoms with Gasteiger partial charge in [-0.25, -0.2) is 4.39 Å². The zero-order valence-electron chi connectivity index (χ0n) is 8.84. The second-order valence-electron chi connectivity index (χ2n) is 3.90. The summed E-state index contributed by atoms with van der Waals surface area (Å²) in [6.45, 7) is 4.13. The molecule has 0 bridgehead atoms. The molecule has 0 saturated heterocycles. The van der Waals surface area contributed by atoms with Crippen molar-refractivity contribution in [3.8, 4) is 0 Å². The zero-order valence-corrected chi connectivity index (χ0v) is 10.4. The molecule has 0 unspecified atom stereocenters. The molecule has 0 aliphatic rings. The van der Waals surface area contributed by atoms with Crippen LogP contribution in [0.1, 0.15) is 31.9 Å². The average molecular weight is 252 g/mol. The number of hydrogen-bond donors (Lipinski definition) is 1. The van der Waals surface area contributed by atoms with Crippen molar-refractivity contribution in [1.29, 1.82) is 0 Å². The van der Waals surface area contributed by atoms with E-state index in [2.05, 4.69) is 13.8 Å². The molecule has 0 spiro atoms. The van der Waals surface area contributed by atoms with Crippen LogP contribution in [0.25, 0.3) is 0 Å². The lowest BCUT2D eigenvalue weighted by molar-refractivity contribution is 0.489. The topological polar surface area (TPSA) is 26.0 Å². The summed E-state index contributed by atoms with van der Waals surface area (Å²) < 4.78 is 13.4. The predicted molar refractivity (Wildman–Crippen MR) is 65.0 cm³/mol.